The SMILES string of the molecule is Cc1cc(C)nc(NS(=O)(=O)c2ccc(NC(=O)COc3ccccc3C)cc2)n1. The summed E-state index contributed by atoms with van der Waals surface area (Å²) < 4.78 is 33.0. The number of anilines is 2. The Hall–Kier alpha value is -3.46. The largest absolute Gasteiger partial charge is 0.483 e. The summed E-state index contributed by atoms with van der Waals surface area (Å²) in [6.45, 7) is 5.25. The molecule has 2 N–H and O–H groups in total. The lowest BCUT2D eigenvalue weighted by Gasteiger charge is -2.10. The zero-order valence-electron chi connectivity index (χ0n) is 16.8. The number of nitrogens with one attached hydrogen (secondary N) is 2. The summed E-state index contributed by atoms with van der Waals surface area (Å²) in [5.74, 6) is 0.294. The predicted molar refractivity (Wildman–Crippen MR) is 114 cm³/mol. The third-order valence-corrected chi connectivity index (χ3v) is 5.45. The number of amides is 1. The molecule has 0 aliphatic carbocycles. The Kier molecular flexibility index (Phi) is 6.31. The van der Waals surface area contributed by atoms with E-state index in [1.807, 2.05) is 25.1 Å². The average Bonchev–Trinajstić information content (AvgIpc) is 2.66. The van der Waals surface area contributed by atoms with Gasteiger partial charge in [0.2, 0.25) is 5.95 Å². The summed E-state index contributed by atoms with van der Waals surface area (Å²) >= 11 is 0. The van der Waals surface area contributed by atoms with Gasteiger partial charge in [0.25, 0.3) is 15.9 Å². The first-order valence-electron chi connectivity index (χ1n) is 9.16. The van der Waals surface area contributed by atoms with E-state index >= 15 is 0 Å². The fraction of sp³-hybridized carbons (Fsp3) is 0.190. The minimum atomic E-state index is -3.86. The van der Waals surface area contributed by atoms with Crippen molar-refractivity contribution in [2.45, 2.75) is 25.7 Å². The topological polar surface area (TPSA) is 110 Å². The molecule has 0 radical (unpaired) electrons. The Morgan fingerprint density at radius 2 is 1.60 bits per heavy atom. The van der Waals surface area contributed by atoms with E-state index in [0.717, 1.165) is 5.56 Å². The van der Waals surface area contributed by atoms with E-state index in [-0.39, 0.29) is 23.4 Å². The molecule has 0 saturated carbocycles. The molecule has 30 heavy (non-hydrogen) atoms. The zero-order valence-corrected chi connectivity index (χ0v) is 17.7. The first-order valence-corrected chi connectivity index (χ1v) is 10.6. The standard InChI is InChI=1S/C21H22N4O4S/c1-14-6-4-5-7-19(14)29-13-20(26)24-17-8-10-18(11-9-17)30(27,28)25-21-22-15(2)12-16(3)23-21/h4-12H,13H2,1-3H3,(H,24,26)(H,22,23,25). The van der Waals surface area contributed by atoms with Gasteiger partial charge in [-0.15, -0.1) is 0 Å². The lowest BCUT2D eigenvalue weighted by molar-refractivity contribution is -0.118. The van der Waals surface area contributed by atoms with Crippen LogP contribution in [0.25, 0.3) is 0 Å². The minimum absolute atomic E-state index is 0.0123. The summed E-state index contributed by atoms with van der Waals surface area (Å²) in [4.78, 5) is 20.3. The molecule has 3 rings (SSSR count). The molecule has 1 amide bonds. The van der Waals surface area contributed by atoms with Crippen LogP contribution in [0.1, 0.15) is 17.0 Å². The molecule has 0 aliphatic rings. The predicted octanol–water partition coefficient (Wildman–Crippen LogP) is 3.22. The fourth-order valence-corrected chi connectivity index (χ4v) is 3.67. The average molecular weight is 426 g/mol. The molecule has 8 nitrogen and oxygen atoms in total. The zero-order chi connectivity index (χ0) is 21.7. The number of benzene rings is 2. The molecule has 0 unspecified atom stereocenters. The molecule has 1 aromatic heterocycles. The Balaban J connectivity index is 1.62. The van der Waals surface area contributed by atoms with Gasteiger partial charge in [0.05, 0.1) is 4.90 Å². The highest BCUT2D eigenvalue weighted by atomic mass is 32.2. The van der Waals surface area contributed by atoms with Gasteiger partial charge in [-0.2, -0.15) is 0 Å². The molecule has 156 valence electrons. The van der Waals surface area contributed by atoms with Crippen LogP contribution in [0.4, 0.5) is 11.6 Å². The van der Waals surface area contributed by atoms with Crippen LogP contribution < -0.4 is 14.8 Å². The smallest absolute Gasteiger partial charge is 0.264 e. The fourth-order valence-electron chi connectivity index (χ4n) is 2.73. The van der Waals surface area contributed by atoms with Crippen LogP contribution in [0.3, 0.4) is 0 Å². The van der Waals surface area contributed by atoms with Crippen LogP contribution in [0, 0.1) is 20.8 Å². The van der Waals surface area contributed by atoms with E-state index in [9.17, 15) is 13.2 Å². The Bertz CT molecular complexity index is 1140. The second-order valence-corrected chi connectivity index (χ2v) is 8.39. The maximum absolute atomic E-state index is 12.6. The van der Waals surface area contributed by atoms with Gasteiger partial charge in [-0.3, -0.25) is 4.79 Å². The highest BCUT2D eigenvalue weighted by Crippen LogP contribution is 2.18. The van der Waals surface area contributed by atoms with Gasteiger partial charge >= 0.3 is 0 Å². The molecule has 3 aromatic rings. The number of carbonyl (C=O) groups is 1. The lowest BCUT2D eigenvalue weighted by Crippen LogP contribution is -2.20. The van der Waals surface area contributed by atoms with Crippen LogP contribution >= 0.6 is 0 Å². The van der Waals surface area contributed by atoms with Crippen LogP contribution in [0.2, 0.25) is 0 Å². The summed E-state index contributed by atoms with van der Waals surface area (Å²) in [6, 6.07) is 14.9. The molecular formula is C21H22N4O4S. The van der Waals surface area contributed by atoms with Gasteiger partial charge in [-0.05, 0) is 62.7 Å². The number of rotatable bonds is 7. The van der Waals surface area contributed by atoms with Crippen molar-refractivity contribution < 1.29 is 17.9 Å². The number of ether oxygens (including phenoxy) is 1. The van der Waals surface area contributed by atoms with Crippen LogP contribution in [-0.2, 0) is 14.8 Å². The van der Waals surface area contributed by atoms with Crippen molar-refractivity contribution >= 4 is 27.6 Å². The van der Waals surface area contributed by atoms with Gasteiger partial charge in [0, 0.05) is 17.1 Å². The number of carbonyl (C=O) groups excluding carboxylic acids is 1. The Labute approximate surface area is 175 Å². The van der Waals surface area contributed by atoms with Gasteiger partial charge in [0.1, 0.15) is 5.75 Å². The normalized spacial score (nSPS) is 11.0. The molecule has 0 fully saturated rings. The van der Waals surface area contributed by atoms with Crippen molar-refractivity contribution in [2.24, 2.45) is 0 Å². The maximum atomic E-state index is 12.6. The van der Waals surface area contributed by atoms with E-state index in [0.29, 0.717) is 22.8 Å². The number of nitrogens with zero attached hydrogens (tertiary/aromatic N) is 2. The molecular weight excluding hydrogens is 404 g/mol. The number of aryl methyl sites for hydroxylation is 3. The number of para-hydroxylation sites is 1. The van der Waals surface area contributed by atoms with Gasteiger partial charge in [-0.25, -0.2) is 23.1 Å². The Morgan fingerprint density at radius 1 is 0.967 bits per heavy atom. The molecule has 0 saturated heterocycles. The molecule has 0 spiro atoms. The van der Waals surface area contributed by atoms with E-state index in [4.69, 9.17) is 4.74 Å². The van der Waals surface area contributed by atoms with E-state index in [2.05, 4.69) is 20.0 Å². The molecule has 9 heteroatoms. The summed E-state index contributed by atoms with van der Waals surface area (Å²) in [7, 11) is -3.86. The summed E-state index contributed by atoms with van der Waals surface area (Å²) in [6.07, 6.45) is 0. The van der Waals surface area contributed by atoms with E-state index in [1.54, 1.807) is 26.0 Å². The van der Waals surface area contributed by atoms with Gasteiger partial charge in [0.15, 0.2) is 6.61 Å². The lowest BCUT2D eigenvalue weighted by atomic mass is 10.2. The summed E-state index contributed by atoms with van der Waals surface area (Å²) in [5, 5.41) is 2.67. The summed E-state index contributed by atoms with van der Waals surface area (Å²) in [5.41, 5.74) is 2.70. The number of hydrogen-bond acceptors (Lipinski definition) is 6. The van der Waals surface area contributed by atoms with Crippen molar-refractivity contribution in [2.75, 3.05) is 16.6 Å². The number of aromatic nitrogens is 2. The first kappa shape index (κ1) is 21.3. The van der Waals surface area contributed by atoms with Gasteiger partial charge < -0.3 is 10.1 Å². The molecule has 0 bridgehead atoms. The van der Waals surface area contributed by atoms with Crippen molar-refractivity contribution in [1.82, 2.24) is 9.97 Å². The van der Waals surface area contributed by atoms with Crippen molar-refractivity contribution in [3.8, 4) is 5.75 Å². The minimum Gasteiger partial charge on any atom is -0.483 e. The third kappa shape index (κ3) is 5.54. The van der Waals surface area contributed by atoms with Crippen LogP contribution in [0.5, 0.6) is 5.75 Å². The highest BCUT2D eigenvalue weighted by molar-refractivity contribution is 7.92. The third-order valence-electron chi connectivity index (χ3n) is 4.11. The molecule has 0 aliphatic heterocycles. The van der Waals surface area contributed by atoms with E-state index in [1.165, 1.54) is 24.3 Å². The second-order valence-electron chi connectivity index (χ2n) is 6.71. The van der Waals surface area contributed by atoms with Crippen molar-refractivity contribution in [1.29, 1.82) is 0 Å². The molecule has 0 atom stereocenters. The first-order chi connectivity index (χ1) is 14.2. The maximum Gasteiger partial charge on any atom is 0.264 e. The quantitative estimate of drug-likeness (QED) is 0.600. The number of hydrogen-bond donors (Lipinski definition) is 2. The van der Waals surface area contributed by atoms with Crippen LogP contribution in [0.15, 0.2) is 59.5 Å². The van der Waals surface area contributed by atoms with Gasteiger partial charge in [-0.1, -0.05) is 18.2 Å². The molecule has 2 aromatic carbocycles. The highest BCUT2D eigenvalue weighted by Gasteiger charge is 2.16. The second kappa shape index (κ2) is 8.91. The van der Waals surface area contributed by atoms with E-state index < -0.39 is 10.0 Å². The van der Waals surface area contributed by atoms with Crippen molar-refractivity contribution in [3.05, 3.63) is 71.5 Å². The monoisotopic (exact) mass is 426 g/mol. The Morgan fingerprint density at radius 3 is 2.23 bits per heavy atom. The van der Waals surface area contributed by atoms with Crippen molar-refractivity contribution in [3.63, 3.8) is 0 Å². The number of sulfonamides is 1. The van der Waals surface area contributed by atoms with Crippen LogP contribution in [-0.4, -0.2) is 30.9 Å². The molecule has 1 heterocycles.